The highest BCUT2D eigenvalue weighted by Gasteiger charge is 2.50. The van der Waals surface area contributed by atoms with Crippen LogP contribution < -0.4 is 0 Å². The highest BCUT2D eigenvalue weighted by atomic mass is 32.2. The molecule has 2 fully saturated rings. The summed E-state index contributed by atoms with van der Waals surface area (Å²) in [6.07, 6.45) is 0.850. The average Bonchev–Trinajstić information content (AvgIpc) is 2.53. The van der Waals surface area contributed by atoms with Gasteiger partial charge in [0.05, 0.1) is 17.5 Å². The third-order valence-corrected chi connectivity index (χ3v) is 4.30. The van der Waals surface area contributed by atoms with Crippen molar-refractivity contribution >= 4 is 11.1 Å². The van der Waals surface area contributed by atoms with E-state index in [1.165, 1.54) is 0 Å². The van der Waals surface area contributed by atoms with Crippen LogP contribution in [0, 0.1) is 11.8 Å². The summed E-state index contributed by atoms with van der Waals surface area (Å²) in [6, 6.07) is 0. The van der Waals surface area contributed by atoms with E-state index >= 15 is 0 Å². The minimum absolute atomic E-state index is 0.0386. The van der Waals surface area contributed by atoms with E-state index in [4.69, 9.17) is 4.74 Å². The molecule has 2 bridgehead atoms. The normalized spacial score (nSPS) is 54.4. The first-order valence-electron chi connectivity index (χ1n) is 4.34. The highest BCUT2D eigenvalue weighted by molar-refractivity contribution is 7.79. The van der Waals surface area contributed by atoms with E-state index < -0.39 is 11.1 Å². The zero-order valence-corrected chi connectivity index (χ0v) is 8.04. The average molecular weight is 189 g/mol. The van der Waals surface area contributed by atoms with Crippen molar-refractivity contribution in [1.29, 1.82) is 0 Å². The van der Waals surface area contributed by atoms with Crippen molar-refractivity contribution in [1.82, 2.24) is 0 Å². The Morgan fingerprint density at radius 3 is 2.50 bits per heavy atom. The fraction of sp³-hybridized carbons (Fsp3) is 1.00. The Balaban J connectivity index is 2.15. The van der Waals surface area contributed by atoms with Gasteiger partial charge in [-0.1, -0.05) is 13.8 Å². The first-order chi connectivity index (χ1) is 5.61. The molecule has 0 aromatic rings. The summed E-state index contributed by atoms with van der Waals surface area (Å²) >= 11 is -1.95. The Hall–Kier alpha value is 0.0700. The molecule has 0 spiro atoms. The summed E-state index contributed by atoms with van der Waals surface area (Å²) in [5.41, 5.74) is 0. The fourth-order valence-electron chi connectivity index (χ4n) is 2.34. The number of ether oxygens (including phenoxy) is 1. The molecule has 2 rings (SSSR count). The van der Waals surface area contributed by atoms with Crippen molar-refractivity contribution in [3.8, 4) is 0 Å². The van der Waals surface area contributed by atoms with Crippen molar-refractivity contribution in [2.45, 2.75) is 37.7 Å². The van der Waals surface area contributed by atoms with Crippen molar-refractivity contribution in [3.63, 3.8) is 0 Å². The summed E-state index contributed by atoms with van der Waals surface area (Å²) < 4.78 is 27.1. The van der Waals surface area contributed by atoms with Gasteiger partial charge in [0.15, 0.2) is 0 Å². The lowest BCUT2D eigenvalue weighted by Gasteiger charge is -2.29. The van der Waals surface area contributed by atoms with E-state index in [9.17, 15) is 8.76 Å². The molecular weight excluding hydrogens is 176 g/mol. The van der Waals surface area contributed by atoms with E-state index in [1.807, 2.05) is 0 Å². The summed E-state index contributed by atoms with van der Waals surface area (Å²) in [6.45, 7) is 4.22. The second-order valence-corrected chi connectivity index (χ2v) is 5.02. The van der Waals surface area contributed by atoms with Gasteiger partial charge in [-0.15, -0.1) is 0 Å². The number of fused-ring (bicyclic) bond motifs is 2. The molecule has 6 unspecified atom stereocenters. The molecule has 12 heavy (non-hydrogen) atoms. The van der Waals surface area contributed by atoms with Crippen molar-refractivity contribution in [2.24, 2.45) is 11.8 Å². The smallest absolute Gasteiger partial charge is 0.0741 e. The minimum atomic E-state index is -1.95. The highest BCUT2D eigenvalue weighted by Crippen LogP contribution is 2.44. The number of hydrogen-bond donors (Lipinski definition) is 0. The molecule has 0 amide bonds. The Morgan fingerprint density at radius 2 is 2.08 bits per heavy atom. The molecule has 2 saturated heterocycles. The molecule has 0 aromatic heterocycles. The molecule has 6 atom stereocenters. The summed E-state index contributed by atoms with van der Waals surface area (Å²) in [7, 11) is 0. The summed E-state index contributed by atoms with van der Waals surface area (Å²) in [4.78, 5) is 0. The van der Waals surface area contributed by atoms with Crippen LogP contribution in [-0.2, 0) is 15.8 Å². The van der Waals surface area contributed by atoms with Gasteiger partial charge in [0.25, 0.3) is 0 Å². The Morgan fingerprint density at radius 1 is 1.42 bits per heavy atom. The quantitative estimate of drug-likeness (QED) is 0.570. The van der Waals surface area contributed by atoms with Crippen LogP contribution >= 0.6 is 0 Å². The van der Waals surface area contributed by atoms with Gasteiger partial charge in [0.2, 0.25) is 0 Å². The van der Waals surface area contributed by atoms with Crippen LogP contribution in [0.2, 0.25) is 0 Å². The Kier molecular flexibility index (Phi) is 2.01. The zero-order chi connectivity index (χ0) is 8.88. The Labute approximate surface area is 74.8 Å². The first-order valence-corrected chi connectivity index (χ1v) is 5.48. The predicted octanol–water partition coefficient (Wildman–Crippen LogP) is 0.677. The second kappa shape index (κ2) is 2.79. The van der Waals surface area contributed by atoms with E-state index in [0.717, 1.165) is 0 Å². The van der Waals surface area contributed by atoms with E-state index in [0.29, 0.717) is 18.3 Å². The van der Waals surface area contributed by atoms with Crippen LogP contribution in [0.1, 0.15) is 20.3 Å². The van der Waals surface area contributed by atoms with Crippen LogP contribution in [0.5, 0.6) is 0 Å². The molecule has 4 heteroatoms. The molecule has 2 heterocycles. The maximum atomic E-state index is 10.8. The summed E-state index contributed by atoms with van der Waals surface area (Å²) in [5.74, 6) is 0.918. The van der Waals surface area contributed by atoms with Crippen molar-refractivity contribution in [3.05, 3.63) is 0 Å². The molecule has 3 nitrogen and oxygen atoms in total. The lowest BCUT2D eigenvalue weighted by atomic mass is 9.81. The molecule has 2 aliphatic heterocycles. The molecule has 0 radical (unpaired) electrons. The minimum Gasteiger partial charge on any atom is -0.772 e. The van der Waals surface area contributed by atoms with Crippen molar-refractivity contribution < 1.29 is 13.5 Å². The zero-order valence-electron chi connectivity index (χ0n) is 7.23. The molecule has 0 N–H and O–H groups in total. The lowest BCUT2D eigenvalue weighted by molar-refractivity contribution is 0.0901. The van der Waals surface area contributed by atoms with Gasteiger partial charge in [0, 0.05) is 0 Å². The van der Waals surface area contributed by atoms with Crippen LogP contribution in [0.4, 0.5) is 0 Å². The lowest BCUT2D eigenvalue weighted by Crippen LogP contribution is -2.36. The maximum Gasteiger partial charge on any atom is 0.0741 e. The molecule has 0 aromatic carbocycles. The third-order valence-electron chi connectivity index (χ3n) is 3.34. The van der Waals surface area contributed by atoms with Gasteiger partial charge in [0.1, 0.15) is 0 Å². The number of rotatable bonds is 1. The van der Waals surface area contributed by atoms with Gasteiger partial charge < -0.3 is 9.29 Å². The Bertz CT molecular complexity index is 216. The summed E-state index contributed by atoms with van der Waals surface area (Å²) in [5, 5.41) is -0.249. The monoisotopic (exact) mass is 189 g/mol. The topological polar surface area (TPSA) is 49.4 Å². The standard InChI is InChI=1S/C8H14O3S/c1-4-5(2)8-7(12(9)10)3-6(4)11-8/h4-8H,3H2,1-2H3,(H,9,10)/p-1. The SMILES string of the molecule is CC1C2CC(S(=O)[O-])C(O2)C1C. The van der Waals surface area contributed by atoms with Gasteiger partial charge in [-0.25, -0.2) is 0 Å². The molecule has 2 aliphatic rings. The number of hydrogen-bond acceptors (Lipinski definition) is 3. The molecular formula is C8H13O3S-. The van der Waals surface area contributed by atoms with Crippen LogP contribution in [0.15, 0.2) is 0 Å². The fourth-order valence-corrected chi connectivity index (χ4v) is 3.21. The van der Waals surface area contributed by atoms with Crippen LogP contribution in [-0.4, -0.2) is 26.2 Å². The molecule has 70 valence electrons. The second-order valence-electron chi connectivity index (χ2n) is 3.89. The predicted molar refractivity (Wildman–Crippen MR) is 44.3 cm³/mol. The molecule has 0 saturated carbocycles. The van der Waals surface area contributed by atoms with Crippen molar-refractivity contribution in [2.75, 3.05) is 0 Å². The first kappa shape index (κ1) is 8.66. The van der Waals surface area contributed by atoms with E-state index in [1.54, 1.807) is 0 Å². The van der Waals surface area contributed by atoms with E-state index in [2.05, 4.69) is 13.8 Å². The van der Waals surface area contributed by atoms with E-state index in [-0.39, 0.29) is 17.5 Å². The van der Waals surface area contributed by atoms with Crippen LogP contribution in [0.3, 0.4) is 0 Å². The third kappa shape index (κ3) is 1.05. The largest absolute Gasteiger partial charge is 0.772 e. The van der Waals surface area contributed by atoms with Crippen LogP contribution in [0.25, 0.3) is 0 Å². The van der Waals surface area contributed by atoms with Gasteiger partial charge >= 0.3 is 0 Å². The van der Waals surface area contributed by atoms with Gasteiger partial charge in [-0.3, -0.25) is 4.21 Å². The molecule has 0 aliphatic carbocycles. The maximum absolute atomic E-state index is 10.8. The van der Waals surface area contributed by atoms with Gasteiger partial charge in [-0.05, 0) is 29.3 Å². The van der Waals surface area contributed by atoms with Gasteiger partial charge in [-0.2, -0.15) is 0 Å².